The summed E-state index contributed by atoms with van der Waals surface area (Å²) in [6.07, 6.45) is 3.69. The fraction of sp³-hybridized carbons (Fsp3) is 0.174. The van der Waals surface area contributed by atoms with Gasteiger partial charge < -0.3 is 10.1 Å². The molecule has 1 N–H and O–H groups in total. The van der Waals surface area contributed by atoms with E-state index < -0.39 is 0 Å². The van der Waals surface area contributed by atoms with Gasteiger partial charge in [0, 0.05) is 11.6 Å². The van der Waals surface area contributed by atoms with Gasteiger partial charge in [-0.05, 0) is 24.6 Å². The first-order valence-corrected chi connectivity index (χ1v) is 10.6. The Morgan fingerprint density at radius 2 is 1.93 bits per heavy atom. The highest BCUT2D eigenvalue weighted by Gasteiger charge is 2.13. The van der Waals surface area contributed by atoms with Crippen molar-refractivity contribution in [3.8, 4) is 16.3 Å². The number of aromatic nitrogens is 3. The molecule has 0 atom stereocenters. The number of amides is 1. The lowest BCUT2D eigenvalue weighted by atomic mass is 10.2. The second-order valence-electron chi connectivity index (χ2n) is 6.71. The van der Waals surface area contributed by atoms with Gasteiger partial charge in [0.25, 0.3) is 0 Å². The lowest BCUT2D eigenvalue weighted by Gasteiger charge is -2.07. The van der Waals surface area contributed by atoms with Gasteiger partial charge in [-0.1, -0.05) is 42.5 Å². The minimum atomic E-state index is -0.121. The highest BCUT2D eigenvalue weighted by atomic mass is 32.1. The Hall–Kier alpha value is -3.45. The zero-order valence-corrected chi connectivity index (χ0v) is 17.4. The summed E-state index contributed by atoms with van der Waals surface area (Å²) in [4.78, 5) is 17.1. The fourth-order valence-corrected chi connectivity index (χ4v) is 3.94. The van der Waals surface area contributed by atoms with E-state index >= 15 is 0 Å². The molecule has 4 rings (SSSR count). The maximum Gasteiger partial charge on any atom is 0.230 e. The van der Waals surface area contributed by atoms with Crippen molar-refractivity contribution >= 4 is 22.9 Å². The van der Waals surface area contributed by atoms with Crippen molar-refractivity contribution in [1.29, 1.82) is 0 Å². The number of ether oxygens (including phenoxy) is 1. The van der Waals surface area contributed by atoms with Crippen LogP contribution in [-0.2, 0) is 17.8 Å². The Kier molecular flexibility index (Phi) is 6.20. The second-order valence-corrected chi connectivity index (χ2v) is 7.57. The Morgan fingerprint density at radius 3 is 2.77 bits per heavy atom. The number of para-hydroxylation sites is 1. The summed E-state index contributed by atoms with van der Waals surface area (Å²) < 4.78 is 7.49. The first-order chi connectivity index (χ1) is 14.7. The topological polar surface area (TPSA) is 69.0 Å². The SMILES string of the molecule is CCOc1ccccc1-c1nc(CC(=O)Nc2cnn(Cc3ccccc3)c2)cs1. The van der Waals surface area contributed by atoms with Crippen LogP contribution in [0.15, 0.2) is 72.4 Å². The summed E-state index contributed by atoms with van der Waals surface area (Å²) in [5.41, 5.74) is 3.50. The highest BCUT2D eigenvalue weighted by molar-refractivity contribution is 7.13. The van der Waals surface area contributed by atoms with E-state index in [1.165, 1.54) is 11.3 Å². The summed E-state index contributed by atoms with van der Waals surface area (Å²) in [5, 5.41) is 9.97. The molecule has 2 aromatic heterocycles. The van der Waals surface area contributed by atoms with E-state index in [9.17, 15) is 4.79 Å². The van der Waals surface area contributed by atoms with Gasteiger partial charge in [-0.15, -0.1) is 11.3 Å². The van der Waals surface area contributed by atoms with Crippen molar-refractivity contribution in [3.63, 3.8) is 0 Å². The van der Waals surface area contributed by atoms with Crippen LogP contribution in [0.25, 0.3) is 10.6 Å². The average molecular weight is 419 g/mol. The number of thiazole rings is 1. The van der Waals surface area contributed by atoms with Gasteiger partial charge in [0.1, 0.15) is 10.8 Å². The summed E-state index contributed by atoms with van der Waals surface area (Å²) in [6, 6.07) is 17.9. The Balaban J connectivity index is 1.37. The molecule has 0 saturated carbocycles. The molecular weight excluding hydrogens is 396 g/mol. The molecule has 2 aromatic carbocycles. The van der Waals surface area contributed by atoms with Crippen LogP contribution in [0.5, 0.6) is 5.75 Å². The van der Waals surface area contributed by atoms with Crippen molar-refractivity contribution in [2.24, 2.45) is 0 Å². The van der Waals surface area contributed by atoms with Gasteiger partial charge in [0.15, 0.2) is 0 Å². The largest absolute Gasteiger partial charge is 0.493 e. The Morgan fingerprint density at radius 1 is 1.13 bits per heavy atom. The Labute approximate surface area is 179 Å². The summed E-state index contributed by atoms with van der Waals surface area (Å²) in [6.45, 7) is 3.21. The molecule has 2 heterocycles. The average Bonchev–Trinajstić information content (AvgIpc) is 3.39. The monoisotopic (exact) mass is 418 g/mol. The lowest BCUT2D eigenvalue weighted by Crippen LogP contribution is -2.14. The van der Waals surface area contributed by atoms with Crippen molar-refractivity contribution < 1.29 is 9.53 Å². The molecule has 0 radical (unpaired) electrons. The van der Waals surface area contributed by atoms with E-state index in [1.807, 2.05) is 73.1 Å². The molecule has 0 fully saturated rings. The third kappa shape index (κ3) is 4.93. The zero-order valence-electron chi connectivity index (χ0n) is 16.6. The highest BCUT2D eigenvalue weighted by Crippen LogP contribution is 2.32. The zero-order chi connectivity index (χ0) is 20.8. The molecule has 7 heteroatoms. The molecule has 0 aliphatic rings. The number of nitrogens with zero attached hydrogens (tertiary/aromatic N) is 3. The number of hydrogen-bond donors (Lipinski definition) is 1. The smallest absolute Gasteiger partial charge is 0.230 e. The number of carbonyl (C=O) groups is 1. The number of hydrogen-bond acceptors (Lipinski definition) is 5. The number of rotatable bonds is 8. The van der Waals surface area contributed by atoms with Crippen LogP contribution in [0.4, 0.5) is 5.69 Å². The van der Waals surface area contributed by atoms with Crippen LogP contribution in [-0.4, -0.2) is 27.3 Å². The fourth-order valence-electron chi connectivity index (χ4n) is 3.09. The van der Waals surface area contributed by atoms with Gasteiger partial charge in [-0.25, -0.2) is 4.98 Å². The molecule has 1 amide bonds. The lowest BCUT2D eigenvalue weighted by molar-refractivity contribution is -0.115. The predicted octanol–water partition coefficient (Wildman–Crippen LogP) is 4.63. The van der Waals surface area contributed by atoms with Gasteiger partial charge in [-0.2, -0.15) is 5.10 Å². The molecule has 0 aliphatic carbocycles. The van der Waals surface area contributed by atoms with Crippen molar-refractivity contribution in [3.05, 3.63) is 83.6 Å². The molecule has 152 valence electrons. The third-order valence-electron chi connectivity index (χ3n) is 4.42. The van der Waals surface area contributed by atoms with E-state index in [-0.39, 0.29) is 12.3 Å². The summed E-state index contributed by atoms with van der Waals surface area (Å²) >= 11 is 1.51. The molecule has 0 aliphatic heterocycles. The predicted molar refractivity (Wildman–Crippen MR) is 119 cm³/mol. The second kappa shape index (κ2) is 9.37. The first kappa shape index (κ1) is 19.8. The quantitative estimate of drug-likeness (QED) is 0.453. The molecule has 0 unspecified atom stereocenters. The van der Waals surface area contributed by atoms with Crippen molar-refractivity contribution in [2.45, 2.75) is 19.9 Å². The minimum Gasteiger partial charge on any atom is -0.493 e. The van der Waals surface area contributed by atoms with Gasteiger partial charge in [-0.3, -0.25) is 9.48 Å². The third-order valence-corrected chi connectivity index (χ3v) is 5.34. The van der Waals surface area contributed by atoms with Crippen LogP contribution in [0.3, 0.4) is 0 Å². The van der Waals surface area contributed by atoms with Crippen LogP contribution >= 0.6 is 11.3 Å². The van der Waals surface area contributed by atoms with Crippen LogP contribution in [0.1, 0.15) is 18.2 Å². The van der Waals surface area contributed by atoms with E-state index in [1.54, 1.807) is 10.9 Å². The van der Waals surface area contributed by atoms with E-state index in [0.717, 1.165) is 27.6 Å². The van der Waals surface area contributed by atoms with Gasteiger partial charge >= 0.3 is 0 Å². The number of anilines is 1. The standard InChI is InChI=1S/C23H22N4O2S/c1-2-29-21-11-7-6-10-20(21)23-26-18(16-30-23)12-22(28)25-19-13-24-27(15-19)14-17-8-4-3-5-9-17/h3-11,13,15-16H,2,12,14H2,1H3,(H,25,28). The van der Waals surface area contributed by atoms with E-state index in [0.29, 0.717) is 18.8 Å². The summed E-state index contributed by atoms with van der Waals surface area (Å²) in [7, 11) is 0. The molecule has 30 heavy (non-hydrogen) atoms. The minimum absolute atomic E-state index is 0.121. The number of nitrogens with one attached hydrogen (secondary N) is 1. The van der Waals surface area contributed by atoms with Crippen molar-refractivity contribution in [1.82, 2.24) is 14.8 Å². The van der Waals surface area contributed by atoms with Crippen LogP contribution in [0.2, 0.25) is 0 Å². The molecular formula is C23H22N4O2S. The maximum atomic E-state index is 12.5. The molecule has 0 saturated heterocycles. The van der Waals surface area contributed by atoms with Crippen LogP contribution in [0, 0.1) is 0 Å². The number of benzene rings is 2. The molecule has 0 bridgehead atoms. The van der Waals surface area contributed by atoms with Crippen LogP contribution < -0.4 is 10.1 Å². The van der Waals surface area contributed by atoms with E-state index in [4.69, 9.17) is 4.74 Å². The van der Waals surface area contributed by atoms with Gasteiger partial charge in [0.2, 0.25) is 5.91 Å². The van der Waals surface area contributed by atoms with Crippen molar-refractivity contribution in [2.75, 3.05) is 11.9 Å². The molecule has 0 spiro atoms. The molecule has 4 aromatic rings. The van der Waals surface area contributed by atoms with Gasteiger partial charge in [0.05, 0.1) is 42.7 Å². The number of carbonyl (C=O) groups excluding carboxylic acids is 1. The first-order valence-electron chi connectivity index (χ1n) is 9.74. The van der Waals surface area contributed by atoms with E-state index in [2.05, 4.69) is 15.4 Å². The Bertz CT molecular complexity index is 1120. The normalized spacial score (nSPS) is 10.7. The maximum absolute atomic E-state index is 12.5. The molecule has 6 nitrogen and oxygen atoms in total. The summed E-state index contributed by atoms with van der Waals surface area (Å²) in [5.74, 6) is 0.681.